The van der Waals surface area contributed by atoms with Crippen LogP contribution in [-0.4, -0.2) is 42.2 Å². The van der Waals surface area contributed by atoms with Gasteiger partial charge in [-0.25, -0.2) is 9.78 Å². The van der Waals surface area contributed by atoms with Crippen molar-refractivity contribution < 1.29 is 14.3 Å². The number of carbonyl (C=O) groups is 1. The highest BCUT2D eigenvalue weighted by molar-refractivity contribution is 5.75. The molecule has 180 valence electrons. The Morgan fingerprint density at radius 3 is 2.71 bits per heavy atom. The molecule has 3 aliphatic rings. The van der Waals surface area contributed by atoms with Crippen molar-refractivity contribution in [3.05, 3.63) is 83.0 Å². The predicted octanol–water partition coefficient (Wildman–Crippen LogP) is 4.46. The van der Waals surface area contributed by atoms with Gasteiger partial charge in [0.2, 0.25) is 0 Å². The summed E-state index contributed by atoms with van der Waals surface area (Å²) in [6.45, 7) is 4.19. The van der Waals surface area contributed by atoms with Crippen molar-refractivity contribution in [1.82, 2.24) is 15.2 Å². The van der Waals surface area contributed by atoms with Crippen molar-refractivity contribution in [2.24, 2.45) is 0 Å². The fourth-order valence-electron chi connectivity index (χ4n) is 5.30. The van der Waals surface area contributed by atoms with E-state index in [1.54, 1.807) is 0 Å². The molecule has 0 spiro atoms. The van der Waals surface area contributed by atoms with E-state index in [1.807, 2.05) is 29.3 Å². The molecule has 4 heterocycles. The number of carbonyl (C=O) groups excluding carboxylic acids is 1. The Labute approximate surface area is 205 Å². The average Bonchev–Trinajstić information content (AvgIpc) is 3.42. The molecule has 2 amide bonds. The number of hydrogen-bond donors (Lipinski definition) is 1. The number of fused-ring (bicyclic) bond motifs is 2. The summed E-state index contributed by atoms with van der Waals surface area (Å²) in [6.07, 6.45) is 4.85. The molecule has 0 bridgehead atoms. The monoisotopic (exact) mass is 470 g/mol. The summed E-state index contributed by atoms with van der Waals surface area (Å²) in [6, 6.07) is 18.8. The maximum Gasteiger partial charge on any atom is 0.318 e. The Morgan fingerprint density at radius 1 is 1.00 bits per heavy atom. The molecule has 7 heteroatoms. The number of hydrogen-bond acceptors (Lipinski definition) is 5. The van der Waals surface area contributed by atoms with Gasteiger partial charge in [-0.1, -0.05) is 36.4 Å². The molecule has 0 radical (unpaired) electrons. The molecule has 1 saturated heterocycles. The van der Waals surface area contributed by atoms with E-state index < -0.39 is 0 Å². The molecule has 7 nitrogen and oxygen atoms in total. The largest absolute Gasteiger partial charge is 0.486 e. The molecule has 1 unspecified atom stereocenters. The van der Waals surface area contributed by atoms with Crippen molar-refractivity contribution in [2.75, 3.05) is 31.2 Å². The standard InChI is InChI=1S/C28H30N4O3/c33-28(32-12-3-6-24(32)22-8-9-25-26(16-22)35-15-14-34-25)30-18-20-7-10-27(29-17-20)31-13-11-21-4-1-2-5-23(21)19-31/h1-2,4-5,7-10,16-17,24H,3,6,11-15,18-19H2,(H,30,33). The maximum absolute atomic E-state index is 13.1. The van der Waals surface area contributed by atoms with Crippen LogP contribution in [0.15, 0.2) is 60.8 Å². The number of aromatic nitrogens is 1. The minimum absolute atomic E-state index is 0.0425. The molecule has 1 N–H and O–H groups in total. The number of nitrogens with one attached hydrogen (secondary N) is 1. The lowest BCUT2D eigenvalue weighted by molar-refractivity contribution is 0.170. The van der Waals surface area contributed by atoms with Gasteiger partial charge < -0.3 is 24.6 Å². The summed E-state index contributed by atoms with van der Waals surface area (Å²) in [5, 5.41) is 3.09. The van der Waals surface area contributed by atoms with E-state index in [0.717, 1.165) is 67.3 Å². The second-order valence-corrected chi connectivity index (χ2v) is 9.38. The summed E-state index contributed by atoms with van der Waals surface area (Å²) in [7, 11) is 0. The number of ether oxygens (including phenoxy) is 2. The zero-order valence-corrected chi connectivity index (χ0v) is 19.8. The molecular formula is C28H30N4O3. The molecular weight excluding hydrogens is 440 g/mol. The molecule has 0 saturated carbocycles. The van der Waals surface area contributed by atoms with Gasteiger partial charge in [-0.15, -0.1) is 0 Å². The third-order valence-corrected chi connectivity index (χ3v) is 7.17. The maximum atomic E-state index is 13.1. The van der Waals surface area contributed by atoms with Gasteiger partial charge in [-0.3, -0.25) is 0 Å². The van der Waals surface area contributed by atoms with E-state index in [4.69, 9.17) is 9.47 Å². The zero-order chi connectivity index (χ0) is 23.6. The van der Waals surface area contributed by atoms with Gasteiger partial charge >= 0.3 is 6.03 Å². The van der Waals surface area contributed by atoms with Gasteiger partial charge in [0.05, 0.1) is 6.04 Å². The number of urea groups is 1. The molecule has 2 aromatic carbocycles. The number of likely N-dealkylation sites (tertiary alicyclic amines) is 1. The van der Waals surface area contributed by atoms with Crippen LogP contribution in [0.1, 0.15) is 41.1 Å². The third-order valence-electron chi connectivity index (χ3n) is 7.17. The molecule has 0 aliphatic carbocycles. The highest BCUT2D eigenvalue weighted by Gasteiger charge is 2.31. The molecule has 1 aromatic heterocycles. The predicted molar refractivity (Wildman–Crippen MR) is 134 cm³/mol. The van der Waals surface area contributed by atoms with E-state index in [-0.39, 0.29) is 12.1 Å². The van der Waals surface area contributed by atoms with E-state index in [2.05, 4.69) is 51.6 Å². The normalized spacial score (nSPS) is 18.8. The van der Waals surface area contributed by atoms with Crippen LogP contribution < -0.4 is 19.7 Å². The molecule has 6 rings (SSSR count). The zero-order valence-electron chi connectivity index (χ0n) is 19.8. The van der Waals surface area contributed by atoms with Crippen LogP contribution in [0.4, 0.5) is 10.6 Å². The van der Waals surface area contributed by atoms with Gasteiger partial charge in [0.25, 0.3) is 0 Å². The Bertz CT molecular complexity index is 1210. The van der Waals surface area contributed by atoms with Crippen molar-refractivity contribution >= 4 is 11.8 Å². The topological polar surface area (TPSA) is 66.9 Å². The number of nitrogens with zero attached hydrogens (tertiary/aromatic N) is 3. The smallest absolute Gasteiger partial charge is 0.318 e. The van der Waals surface area contributed by atoms with Crippen molar-refractivity contribution in [2.45, 2.75) is 38.4 Å². The Kier molecular flexibility index (Phi) is 5.90. The minimum atomic E-state index is -0.0425. The van der Waals surface area contributed by atoms with Gasteiger partial charge in [-0.2, -0.15) is 0 Å². The van der Waals surface area contributed by atoms with Crippen LogP contribution in [0, 0.1) is 0 Å². The van der Waals surface area contributed by atoms with Crippen LogP contribution in [0.3, 0.4) is 0 Å². The lowest BCUT2D eigenvalue weighted by atomic mass is 10.00. The highest BCUT2D eigenvalue weighted by Crippen LogP contribution is 2.38. The number of rotatable bonds is 4. The molecule has 3 aliphatic heterocycles. The third kappa shape index (κ3) is 4.50. The first-order valence-corrected chi connectivity index (χ1v) is 12.5. The average molecular weight is 471 g/mol. The van der Waals surface area contributed by atoms with Gasteiger partial charge in [0, 0.05) is 32.4 Å². The first kappa shape index (κ1) is 21.8. The summed E-state index contributed by atoms with van der Waals surface area (Å²) in [4.78, 5) is 22.0. The first-order valence-electron chi connectivity index (χ1n) is 12.5. The summed E-state index contributed by atoms with van der Waals surface area (Å²) in [5.74, 6) is 2.52. The number of anilines is 1. The Hall–Kier alpha value is -3.74. The van der Waals surface area contributed by atoms with Gasteiger partial charge in [-0.05, 0) is 59.7 Å². The van der Waals surface area contributed by atoms with Crippen LogP contribution in [0.25, 0.3) is 0 Å². The Balaban J connectivity index is 1.07. The molecule has 3 aromatic rings. The van der Waals surface area contributed by atoms with Crippen molar-refractivity contribution in [1.29, 1.82) is 0 Å². The van der Waals surface area contributed by atoms with E-state index >= 15 is 0 Å². The highest BCUT2D eigenvalue weighted by atomic mass is 16.6. The molecule has 1 atom stereocenters. The molecule has 1 fully saturated rings. The second-order valence-electron chi connectivity index (χ2n) is 9.38. The van der Waals surface area contributed by atoms with Crippen LogP contribution in [0.5, 0.6) is 11.5 Å². The summed E-state index contributed by atoms with van der Waals surface area (Å²) < 4.78 is 11.4. The molecule has 35 heavy (non-hydrogen) atoms. The first-order chi connectivity index (χ1) is 17.2. The lowest BCUT2D eigenvalue weighted by Gasteiger charge is -2.30. The van der Waals surface area contributed by atoms with E-state index in [1.165, 1.54) is 11.1 Å². The minimum Gasteiger partial charge on any atom is -0.486 e. The Morgan fingerprint density at radius 2 is 1.86 bits per heavy atom. The quantitative estimate of drug-likeness (QED) is 0.610. The number of pyridine rings is 1. The SMILES string of the molecule is O=C(NCc1ccc(N2CCc3ccccc3C2)nc1)N1CCCC1c1ccc2c(c1)OCCO2. The van der Waals surface area contributed by atoms with Crippen LogP contribution in [-0.2, 0) is 19.5 Å². The fourth-order valence-corrected chi connectivity index (χ4v) is 5.30. The van der Waals surface area contributed by atoms with E-state index in [0.29, 0.717) is 19.8 Å². The van der Waals surface area contributed by atoms with Crippen LogP contribution in [0.2, 0.25) is 0 Å². The number of amides is 2. The summed E-state index contributed by atoms with van der Waals surface area (Å²) >= 11 is 0. The van der Waals surface area contributed by atoms with Gasteiger partial charge in [0.15, 0.2) is 11.5 Å². The number of benzene rings is 2. The van der Waals surface area contributed by atoms with Gasteiger partial charge in [0.1, 0.15) is 19.0 Å². The second kappa shape index (κ2) is 9.49. The van der Waals surface area contributed by atoms with E-state index in [9.17, 15) is 4.79 Å². The fraction of sp³-hybridized carbons (Fsp3) is 0.357. The van der Waals surface area contributed by atoms with Crippen molar-refractivity contribution in [3.63, 3.8) is 0 Å². The van der Waals surface area contributed by atoms with Crippen molar-refractivity contribution in [3.8, 4) is 11.5 Å². The lowest BCUT2D eigenvalue weighted by Crippen LogP contribution is -2.39. The summed E-state index contributed by atoms with van der Waals surface area (Å²) in [5.41, 5.74) is 4.89. The van der Waals surface area contributed by atoms with Crippen LogP contribution >= 0.6 is 0 Å².